The first kappa shape index (κ1) is 15.7. The normalized spacial score (nSPS) is 21.7. The number of rotatable bonds is 4. The van der Waals surface area contributed by atoms with Gasteiger partial charge in [0.25, 0.3) is 0 Å². The number of halogens is 3. The van der Waals surface area contributed by atoms with Crippen LogP contribution in [0, 0.1) is 0 Å². The Morgan fingerprint density at radius 1 is 1.35 bits per heavy atom. The minimum Gasteiger partial charge on any atom is -0.309 e. The van der Waals surface area contributed by atoms with Crippen molar-refractivity contribution >= 4 is 11.8 Å². The molecule has 0 saturated carbocycles. The lowest BCUT2D eigenvalue weighted by molar-refractivity contribution is -0.137. The van der Waals surface area contributed by atoms with Gasteiger partial charge in [0.1, 0.15) is 0 Å². The molecule has 0 aromatic heterocycles. The summed E-state index contributed by atoms with van der Waals surface area (Å²) in [5, 5.41) is 3.95. The fourth-order valence-corrected chi connectivity index (χ4v) is 3.63. The summed E-state index contributed by atoms with van der Waals surface area (Å²) in [7, 11) is 0. The Bertz CT molecular complexity index is 427. The van der Waals surface area contributed by atoms with Gasteiger partial charge in [-0.1, -0.05) is 18.6 Å². The van der Waals surface area contributed by atoms with Gasteiger partial charge in [0.05, 0.1) is 5.56 Å². The number of nitrogens with one attached hydrogen (secondary N) is 1. The minimum atomic E-state index is -4.27. The van der Waals surface area contributed by atoms with E-state index in [-0.39, 0.29) is 6.04 Å². The van der Waals surface area contributed by atoms with Crippen LogP contribution in [0.2, 0.25) is 0 Å². The van der Waals surface area contributed by atoms with Gasteiger partial charge < -0.3 is 5.32 Å². The predicted octanol–water partition coefficient (Wildman–Crippen LogP) is 4.64. The summed E-state index contributed by atoms with van der Waals surface area (Å²) in [6.45, 7) is 2.78. The van der Waals surface area contributed by atoms with Crippen molar-refractivity contribution in [3.8, 4) is 0 Å². The van der Waals surface area contributed by atoms with E-state index < -0.39 is 11.7 Å². The monoisotopic (exact) mass is 303 g/mol. The van der Waals surface area contributed by atoms with Crippen molar-refractivity contribution in [2.24, 2.45) is 0 Å². The van der Waals surface area contributed by atoms with Crippen LogP contribution in [-0.4, -0.2) is 17.5 Å². The third-order valence-corrected chi connectivity index (χ3v) is 5.04. The summed E-state index contributed by atoms with van der Waals surface area (Å²) >= 11 is 1.97. The SMILES string of the molecule is CC(NCC1CCCCS1)c1cccc(C(F)(F)F)c1. The van der Waals surface area contributed by atoms with Crippen LogP contribution in [0.5, 0.6) is 0 Å². The molecule has 0 aliphatic carbocycles. The molecule has 20 heavy (non-hydrogen) atoms. The molecule has 1 aromatic carbocycles. The number of hydrogen-bond acceptors (Lipinski definition) is 2. The number of thioether (sulfide) groups is 1. The van der Waals surface area contributed by atoms with Crippen molar-refractivity contribution in [2.45, 2.75) is 43.7 Å². The molecule has 1 aromatic rings. The van der Waals surface area contributed by atoms with Gasteiger partial charge in [-0.3, -0.25) is 0 Å². The van der Waals surface area contributed by atoms with E-state index >= 15 is 0 Å². The van der Waals surface area contributed by atoms with Crippen molar-refractivity contribution < 1.29 is 13.2 Å². The zero-order chi connectivity index (χ0) is 14.6. The summed E-state index contributed by atoms with van der Waals surface area (Å²) in [6, 6.07) is 5.53. The van der Waals surface area contributed by atoms with Crippen LogP contribution in [0.1, 0.15) is 43.4 Å². The topological polar surface area (TPSA) is 12.0 Å². The summed E-state index contributed by atoms with van der Waals surface area (Å²) < 4.78 is 38.1. The highest BCUT2D eigenvalue weighted by Crippen LogP contribution is 2.31. The molecule has 1 fully saturated rings. The van der Waals surface area contributed by atoms with Gasteiger partial charge in [0, 0.05) is 17.8 Å². The van der Waals surface area contributed by atoms with E-state index in [1.807, 2.05) is 18.7 Å². The maximum atomic E-state index is 12.7. The average Bonchev–Trinajstić information content (AvgIpc) is 2.45. The smallest absolute Gasteiger partial charge is 0.309 e. The fourth-order valence-electron chi connectivity index (χ4n) is 2.38. The Morgan fingerprint density at radius 2 is 2.15 bits per heavy atom. The van der Waals surface area contributed by atoms with E-state index in [4.69, 9.17) is 0 Å². The van der Waals surface area contributed by atoms with Crippen molar-refractivity contribution in [3.05, 3.63) is 35.4 Å². The van der Waals surface area contributed by atoms with Gasteiger partial charge >= 0.3 is 6.18 Å². The average molecular weight is 303 g/mol. The van der Waals surface area contributed by atoms with Gasteiger partial charge in [-0.05, 0) is 43.2 Å². The van der Waals surface area contributed by atoms with Crippen LogP contribution < -0.4 is 5.32 Å². The summed E-state index contributed by atoms with van der Waals surface area (Å²) in [6.07, 6.45) is -0.524. The molecule has 1 heterocycles. The highest BCUT2D eigenvalue weighted by molar-refractivity contribution is 7.99. The van der Waals surface area contributed by atoms with Crippen LogP contribution in [0.4, 0.5) is 13.2 Å². The minimum absolute atomic E-state index is 0.0557. The summed E-state index contributed by atoms with van der Waals surface area (Å²) in [4.78, 5) is 0. The predicted molar refractivity (Wildman–Crippen MR) is 78.0 cm³/mol. The molecule has 1 saturated heterocycles. The molecule has 2 atom stereocenters. The largest absolute Gasteiger partial charge is 0.416 e. The van der Waals surface area contributed by atoms with Crippen molar-refractivity contribution in [1.82, 2.24) is 5.32 Å². The van der Waals surface area contributed by atoms with Gasteiger partial charge in [-0.25, -0.2) is 0 Å². The van der Waals surface area contributed by atoms with E-state index in [0.29, 0.717) is 10.8 Å². The third-order valence-electron chi connectivity index (χ3n) is 3.64. The van der Waals surface area contributed by atoms with Gasteiger partial charge in [-0.2, -0.15) is 24.9 Å². The maximum absolute atomic E-state index is 12.7. The van der Waals surface area contributed by atoms with Crippen LogP contribution >= 0.6 is 11.8 Å². The quantitative estimate of drug-likeness (QED) is 0.869. The van der Waals surface area contributed by atoms with Gasteiger partial charge in [0.2, 0.25) is 0 Å². The first-order chi connectivity index (χ1) is 9.47. The first-order valence-corrected chi connectivity index (χ1v) is 8.04. The molecule has 112 valence electrons. The third kappa shape index (κ3) is 4.42. The van der Waals surface area contributed by atoms with Crippen LogP contribution in [-0.2, 0) is 6.18 Å². The molecular weight excluding hydrogens is 283 g/mol. The second kappa shape index (κ2) is 6.85. The summed E-state index contributed by atoms with van der Waals surface area (Å²) in [5.41, 5.74) is 0.122. The molecule has 0 amide bonds. The van der Waals surface area contributed by atoms with Gasteiger partial charge in [-0.15, -0.1) is 0 Å². The molecule has 1 aliphatic heterocycles. The zero-order valence-electron chi connectivity index (χ0n) is 11.5. The van der Waals surface area contributed by atoms with Crippen molar-refractivity contribution in [1.29, 1.82) is 0 Å². The molecule has 1 N–H and O–H groups in total. The molecule has 0 radical (unpaired) electrons. The molecular formula is C15H20F3NS. The highest BCUT2D eigenvalue weighted by Gasteiger charge is 2.30. The van der Waals surface area contributed by atoms with Crippen LogP contribution in [0.25, 0.3) is 0 Å². The first-order valence-electron chi connectivity index (χ1n) is 6.99. The van der Waals surface area contributed by atoms with E-state index in [0.717, 1.165) is 12.6 Å². The Hall–Kier alpha value is -0.680. The van der Waals surface area contributed by atoms with Crippen molar-refractivity contribution in [3.63, 3.8) is 0 Å². The van der Waals surface area contributed by atoms with Gasteiger partial charge in [0.15, 0.2) is 0 Å². The van der Waals surface area contributed by atoms with E-state index in [9.17, 15) is 13.2 Å². The Morgan fingerprint density at radius 3 is 2.80 bits per heavy atom. The molecule has 1 nitrogen and oxygen atoms in total. The zero-order valence-corrected chi connectivity index (χ0v) is 12.4. The number of alkyl halides is 3. The maximum Gasteiger partial charge on any atom is 0.416 e. The Kier molecular flexibility index (Phi) is 5.38. The Balaban J connectivity index is 1.93. The molecule has 1 aliphatic rings. The molecule has 5 heteroatoms. The number of hydrogen-bond donors (Lipinski definition) is 1. The van der Waals surface area contributed by atoms with E-state index in [1.165, 1.54) is 37.1 Å². The molecule has 0 bridgehead atoms. The molecule has 0 spiro atoms. The lowest BCUT2D eigenvalue weighted by Gasteiger charge is -2.24. The second-order valence-electron chi connectivity index (χ2n) is 5.24. The Labute approximate surface area is 122 Å². The fraction of sp³-hybridized carbons (Fsp3) is 0.600. The lowest BCUT2D eigenvalue weighted by atomic mass is 10.0. The van der Waals surface area contributed by atoms with Crippen LogP contribution in [0.15, 0.2) is 24.3 Å². The molecule has 2 unspecified atom stereocenters. The van der Waals surface area contributed by atoms with E-state index in [1.54, 1.807) is 6.07 Å². The second-order valence-corrected chi connectivity index (χ2v) is 6.65. The molecule has 2 rings (SSSR count). The summed E-state index contributed by atoms with van der Waals surface area (Å²) in [5.74, 6) is 1.20. The standard InChI is InChI=1S/C15H20F3NS/c1-11(19-10-14-7-2-3-8-20-14)12-5-4-6-13(9-12)15(16,17)18/h4-6,9,11,14,19H,2-3,7-8,10H2,1H3. The highest BCUT2D eigenvalue weighted by atomic mass is 32.2. The number of benzene rings is 1. The van der Waals surface area contributed by atoms with Crippen molar-refractivity contribution in [2.75, 3.05) is 12.3 Å². The van der Waals surface area contributed by atoms with Crippen LogP contribution in [0.3, 0.4) is 0 Å². The lowest BCUT2D eigenvalue weighted by Crippen LogP contribution is -2.29. The van der Waals surface area contributed by atoms with E-state index in [2.05, 4.69) is 5.32 Å².